The number of amides is 5. The van der Waals surface area contributed by atoms with Gasteiger partial charge in [0.05, 0.1) is 6.04 Å². The molecule has 0 aliphatic carbocycles. The van der Waals surface area contributed by atoms with Gasteiger partial charge in [-0.3, -0.25) is 9.59 Å². The van der Waals surface area contributed by atoms with Crippen LogP contribution >= 0.6 is 0 Å². The van der Waals surface area contributed by atoms with E-state index in [-0.39, 0.29) is 25.4 Å². The highest BCUT2D eigenvalue weighted by molar-refractivity contribution is 5.97. The van der Waals surface area contributed by atoms with Crippen LogP contribution in [0.4, 0.5) is 15.3 Å². The zero-order valence-electron chi connectivity index (χ0n) is 20.6. The Bertz CT molecular complexity index is 835. The maximum atomic E-state index is 12.8. The summed E-state index contributed by atoms with van der Waals surface area (Å²) in [5.41, 5.74) is 11.7. The fourth-order valence-corrected chi connectivity index (χ4v) is 2.78. The van der Waals surface area contributed by atoms with Gasteiger partial charge in [-0.2, -0.15) is 0 Å². The molecule has 0 saturated carbocycles. The van der Waals surface area contributed by atoms with Gasteiger partial charge in [0, 0.05) is 18.8 Å². The van der Waals surface area contributed by atoms with Crippen molar-refractivity contribution in [3.8, 4) is 0 Å². The standard InChI is InChI=1S/C23H38N6O5/c1-14(2)18(24)20(31)29-17(7-6-12-26-21(25)32)19(30)28-16-10-8-15(9-11-16)13-27-22(33)34-23(3,4)5/h8-11,14,17-18H,6-7,12-13,24H2,1-5H3,(H,27,33)(H,28,30)(H,29,31)(H3,25,26,32)/t17-,18-/m0/s1. The zero-order valence-corrected chi connectivity index (χ0v) is 20.6. The van der Waals surface area contributed by atoms with Crippen molar-refractivity contribution in [3.05, 3.63) is 29.8 Å². The average Bonchev–Trinajstić information content (AvgIpc) is 2.73. The minimum Gasteiger partial charge on any atom is -0.444 e. The van der Waals surface area contributed by atoms with Gasteiger partial charge in [0.15, 0.2) is 0 Å². The number of nitrogens with two attached hydrogens (primary N) is 2. The Labute approximate surface area is 200 Å². The van der Waals surface area contributed by atoms with Gasteiger partial charge in [-0.15, -0.1) is 0 Å². The first-order chi connectivity index (χ1) is 15.8. The van der Waals surface area contributed by atoms with Gasteiger partial charge in [0.25, 0.3) is 0 Å². The number of primary amides is 1. The molecule has 0 aromatic heterocycles. The van der Waals surface area contributed by atoms with Gasteiger partial charge < -0.3 is 37.5 Å². The summed E-state index contributed by atoms with van der Waals surface area (Å²) in [6, 6.07) is 4.64. The SMILES string of the molecule is CC(C)[C@H](N)C(=O)N[C@@H](CCCNC(N)=O)C(=O)Nc1ccc(CNC(=O)OC(C)(C)C)cc1. The lowest BCUT2D eigenvalue weighted by Crippen LogP contribution is -2.51. The van der Waals surface area contributed by atoms with Crippen LogP contribution in [0.2, 0.25) is 0 Å². The van der Waals surface area contributed by atoms with Crippen LogP contribution in [0, 0.1) is 5.92 Å². The monoisotopic (exact) mass is 478 g/mol. The third kappa shape index (κ3) is 11.5. The van der Waals surface area contributed by atoms with Crippen LogP contribution in [-0.4, -0.2) is 48.2 Å². The Balaban J connectivity index is 2.73. The second-order valence-electron chi connectivity index (χ2n) is 9.31. The number of hydrogen-bond acceptors (Lipinski definition) is 6. The van der Waals surface area contributed by atoms with Crippen molar-refractivity contribution in [1.29, 1.82) is 0 Å². The Hall–Kier alpha value is -3.34. The third-order valence-electron chi connectivity index (χ3n) is 4.68. The van der Waals surface area contributed by atoms with E-state index in [0.29, 0.717) is 12.1 Å². The van der Waals surface area contributed by atoms with Gasteiger partial charge in [0.1, 0.15) is 11.6 Å². The first kappa shape index (κ1) is 28.7. The minimum absolute atomic E-state index is 0.0953. The smallest absolute Gasteiger partial charge is 0.407 e. The molecule has 190 valence electrons. The van der Waals surface area contributed by atoms with E-state index in [1.165, 1.54) is 0 Å². The van der Waals surface area contributed by atoms with E-state index in [1.54, 1.807) is 45.0 Å². The molecular formula is C23H38N6O5. The van der Waals surface area contributed by atoms with Crippen LogP contribution in [0.1, 0.15) is 53.0 Å². The van der Waals surface area contributed by atoms with Crippen molar-refractivity contribution in [1.82, 2.24) is 16.0 Å². The Morgan fingerprint density at radius 3 is 2.15 bits per heavy atom. The molecule has 0 unspecified atom stereocenters. The van der Waals surface area contributed by atoms with E-state index in [1.807, 2.05) is 13.8 Å². The Kier molecular flexibility index (Phi) is 11.3. The Morgan fingerprint density at radius 2 is 1.62 bits per heavy atom. The fraction of sp³-hybridized carbons (Fsp3) is 0.565. The van der Waals surface area contributed by atoms with Crippen LogP contribution in [0.5, 0.6) is 0 Å². The highest BCUT2D eigenvalue weighted by atomic mass is 16.6. The van der Waals surface area contributed by atoms with Crippen molar-refractivity contribution < 1.29 is 23.9 Å². The molecule has 0 radical (unpaired) electrons. The van der Waals surface area contributed by atoms with Crippen molar-refractivity contribution >= 4 is 29.6 Å². The molecule has 0 bridgehead atoms. The predicted molar refractivity (Wildman–Crippen MR) is 130 cm³/mol. The summed E-state index contributed by atoms with van der Waals surface area (Å²) in [6.45, 7) is 9.51. The zero-order chi connectivity index (χ0) is 25.9. The molecule has 2 atom stereocenters. The number of carbonyl (C=O) groups excluding carboxylic acids is 4. The summed E-state index contributed by atoms with van der Waals surface area (Å²) < 4.78 is 5.20. The number of carbonyl (C=O) groups is 4. The first-order valence-electron chi connectivity index (χ1n) is 11.2. The minimum atomic E-state index is -0.847. The number of benzene rings is 1. The molecule has 0 aliphatic heterocycles. The summed E-state index contributed by atoms with van der Waals surface area (Å²) >= 11 is 0. The summed E-state index contributed by atoms with van der Waals surface area (Å²) in [6.07, 6.45) is 0.183. The lowest BCUT2D eigenvalue weighted by Gasteiger charge is -2.22. The lowest BCUT2D eigenvalue weighted by atomic mass is 10.0. The number of alkyl carbamates (subject to hydrolysis) is 1. The summed E-state index contributed by atoms with van der Waals surface area (Å²) in [5.74, 6) is -0.938. The van der Waals surface area contributed by atoms with Gasteiger partial charge in [-0.25, -0.2) is 9.59 Å². The second kappa shape index (κ2) is 13.4. The van der Waals surface area contributed by atoms with Crippen molar-refractivity contribution in [3.63, 3.8) is 0 Å². The molecule has 11 heteroatoms. The van der Waals surface area contributed by atoms with E-state index in [0.717, 1.165) is 5.56 Å². The largest absolute Gasteiger partial charge is 0.444 e. The topological polar surface area (TPSA) is 178 Å². The third-order valence-corrected chi connectivity index (χ3v) is 4.68. The first-order valence-corrected chi connectivity index (χ1v) is 11.2. The van der Waals surface area contributed by atoms with Gasteiger partial charge in [-0.05, 0) is 57.2 Å². The molecule has 0 spiro atoms. The van der Waals surface area contributed by atoms with Crippen LogP contribution in [0.3, 0.4) is 0 Å². The van der Waals surface area contributed by atoms with E-state index >= 15 is 0 Å². The number of anilines is 1. The quantitative estimate of drug-likeness (QED) is 0.263. The number of urea groups is 1. The van der Waals surface area contributed by atoms with Crippen LogP contribution in [0.25, 0.3) is 0 Å². The molecular weight excluding hydrogens is 440 g/mol. The average molecular weight is 479 g/mol. The molecule has 34 heavy (non-hydrogen) atoms. The van der Waals surface area contributed by atoms with Gasteiger partial charge >= 0.3 is 12.1 Å². The predicted octanol–water partition coefficient (Wildman–Crippen LogP) is 1.57. The van der Waals surface area contributed by atoms with Gasteiger partial charge in [0.2, 0.25) is 11.8 Å². The molecule has 11 nitrogen and oxygen atoms in total. The summed E-state index contributed by atoms with van der Waals surface area (Å²) in [4.78, 5) is 47.9. The normalized spacial score (nSPS) is 12.9. The van der Waals surface area contributed by atoms with E-state index in [4.69, 9.17) is 16.2 Å². The molecule has 1 aromatic carbocycles. The molecule has 1 rings (SSSR count). The maximum Gasteiger partial charge on any atom is 0.407 e. The fourth-order valence-electron chi connectivity index (χ4n) is 2.78. The molecule has 1 aromatic rings. The van der Waals surface area contributed by atoms with Crippen molar-refractivity contribution in [2.24, 2.45) is 17.4 Å². The van der Waals surface area contributed by atoms with Crippen LogP contribution in [0.15, 0.2) is 24.3 Å². The summed E-state index contributed by atoms with van der Waals surface area (Å²) in [7, 11) is 0. The molecule has 0 saturated heterocycles. The second-order valence-corrected chi connectivity index (χ2v) is 9.31. The summed E-state index contributed by atoms with van der Waals surface area (Å²) in [5, 5.41) is 10.6. The van der Waals surface area contributed by atoms with Crippen molar-refractivity contribution in [2.45, 2.75) is 71.7 Å². The molecule has 0 aliphatic rings. The number of ether oxygens (including phenoxy) is 1. The molecule has 0 heterocycles. The number of nitrogens with one attached hydrogen (secondary N) is 4. The highest BCUT2D eigenvalue weighted by Gasteiger charge is 2.25. The molecule has 5 amide bonds. The van der Waals surface area contributed by atoms with Crippen LogP contribution in [-0.2, 0) is 20.9 Å². The number of rotatable bonds is 11. The highest BCUT2D eigenvalue weighted by Crippen LogP contribution is 2.12. The lowest BCUT2D eigenvalue weighted by molar-refractivity contribution is -0.128. The Morgan fingerprint density at radius 1 is 1.00 bits per heavy atom. The maximum absolute atomic E-state index is 12.8. The van der Waals surface area contributed by atoms with Gasteiger partial charge in [-0.1, -0.05) is 26.0 Å². The van der Waals surface area contributed by atoms with E-state index < -0.39 is 41.6 Å². The molecule has 8 N–H and O–H groups in total. The van der Waals surface area contributed by atoms with E-state index in [9.17, 15) is 19.2 Å². The van der Waals surface area contributed by atoms with Crippen molar-refractivity contribution in [2.75, 3.05) is 11.9 Å². The number of hydrogen-bond donors (Lipinski definition) is 6. The van der Waals surface area contributed by atoms with Crippen LogP contribution < -0.4 is 32.7 Å². The molecule has 0 fully saturated rings. The van der Waals surface area contributed by atoms with E-state index in [2.05, 4.69) is 21.3 Å².